The normalized spacial score (nSPS) is 12.0. The molecule has 4 N–H and O–H groups in total. The Labute approximate surface area is 166 Å². The van der Waals surface area contributed by atoms with Crippen LogP contribution in [-0.4, -0.2) is 27.8 Å². The van der Waals surface area contributed by atoms with Gasteiger partial charge in [0.1, 0.15) is 6.04 Å². The molecule has 4 aromatic rings. The number of fused-ring (bicyclic) bond motifs is 2. The predicted molar refractivity (Wildman–Crippen MR) is 113 cm³/mol. The molecule has 0 bridgehead atoms. The Balaban J connectivity index is 1.40. The highest BCUT2D eigenvalue weighted by molar-refractivity contribution is 5.98. The molecule has 2 amide bonds. The van der Waals surface area contributed by atoms with Crippen molar-refractivity contribution in [2.24, 2.45) is 0 Å². The number of hydrogen-bond acceptors (Lipinski definition) is 3. The lowest BCUT2D eigenvalue weighted by atomic mass is 10.0. The quantitative estimate of drug-likeness (QED) is 0.422. The molecule has 0 spiro atoms. The van der Waals surface area contributed by atoms with E-state index in [0.29, 0.717) is 16.7 Å². The van der Waals surface area contributed by atoms with Crippen LogP contribution in [0, 0.1) is 0 Å². The summed E-state index contributed by atoms with van der Waals surface area (Å²) < 4.78 is 0. The summed E-state index contributed by atoms with van der Waals surface area (Å²) in [6, 6.07) is 18.1. The SMILES string of the molecule is C[C@H](NC(=O)Cc1cccc2ccccc12)C(=O)Nc1ccc2[nH]c(=O)[nH]c2c1. The summed E-state index contributed by atoms with van der Waals surface area (Å²) in [5.41, 5.74) is 2.39. The van der Waals surface area contributed by atoms with E-state index in [-0.39, 0.29) is 23.9 Å². The average Bonchev–Trinajstić information content (AvgIpc) is 3.07. The lowest BCUT2D eigenvalue weighted by Gasteiger charge is -2.15. The van der Waals surface area contributed by atoms with Crippen LogP contribution in [-0.2, 0) is 16.0 Å². The van der Waals surface area contributed by atoms with Crippen molar-refractivity contribution < 1.29 is 9.59 Å². The molecule has 0 aliphatic rings. The van der Waals surface area contributed by atoms with E-state index in [4.69, 9.17) is 0 Å². The van der Waals surface area contributed by atoms with Crippen molar-refractivity contribution >= 4 is 39.3 Å². The number of aromatic amines is 2. The zero-order valence-electron chi connectivity index (χ0n) is 15.8. The topological polar surface area (TPSA) is 107 Å². The van der Waals surface area contributed by atoms with E-state index in [9.17, 15) is 14.4 Å². The van der Waals surface area contributed by atoms with Crippen LogP contribution in [0.5, 0.6) is 0 Å². The first kappa shape index (κ1) is 18.5. The third-order valence-electron chi connectivity index (χ3n) is 4.79. The molecular formula is C22H20N4O3. The van der Waals surface area contributed by atoms with E-state index < -0.39 is 6.04 Å². The smallest absolute Gasteiger partial charge is 0.323 e. The monoisotopic (exact) mass is 388 g/mol. The van der Waals surface area contributed by atoms with Crippen molar-refractivity contribution in [3.8, 4) is 0 Å². The number of carbonyl (C=O) groups excluding carboxylic acids is 2. The number of anilines is 1. The molecule has 0 unspecified atom stereocenters. The van der Waals surface area contributed by atoms with Crippen LogP contribution in [0.3, 0.4) is 0 Å². The molecular weight excluding hydrogens is 368 g/mol. The number of H-pyrrole nitrogens is 2. The molecule has 1 atom stereocenters. The zero-order valence-corrected chi connectivity index (χ0v) is 15.8. The molecule has 7 heteroatoms. The highest BCUT2D eigenvalue weighted by Gasteiger charge is 2.17. The standard InChI is InChI=1S/C22H20N4O3/c1-13(21(28)24-16-9-10-18-19(12-16)26-22(29)25-18)23-20(27)11-15-7-4-6-14-5-2-3-8-17(14)15/h2-10,12-13H,11H2,1H3,(H,23,27)(H,24,28)(H2,25,26,29)/t13-/m0/s1. The number of benzene rings is 3. The molecule has 29 heavy (non-hydrogen) atoms. The number of carbonyl (C=O) groups is 2. The van der Waals surface area contributed by atoms with Gasteiger partial charge in [-0.15, -0.1) is 0 Å². The first-order valence-corrected chi connectivity index (χ1v) is 9.28. The number of hydrogen-bond donors (Lipinski definition) is 4. The lowest BCUT2D eigenvalue weighted by Crippen LogP contribution is -2.42. The maximum Gasteiger partial charge on any atom is 0.323 e. The van der Waals surface area contributed by atoms with Gasteiger partial charge in [0.2, 0.25) is 11.8 Å². The van der Waals surface area contributed by atoms with Gasteiger partial charge >= 0.3 is 5.69 Å². The second-order valence-corrected chi connectivity index (χ2v) is 6.93. The minimum atomic E-state index is -0.710. The highest BCUT2D eigenvalue weighted by atomic mass is 16.2. The Bertz CT molecular complexity index is 1270. The molecule has 0 radical (unpaired) electrons. The van der Waals surface area contributed by atoms with Crippen molar-refractivity contribution in [2.75, 3.05) is 5.32 Å². The summed E-state index contributed by atoms with van der Waals surface area (Å²) >= 11 is 0. The predicted octanol–water partition coefficient (Wildman–Crippen LogP) is 2.70. The molecule has 0 aliphatic carbocycles. The second kappa shape index (κ2) is 7.63. The second-order valence-electron chi connectivity index (χ2n) is 6.93. The van der Waals surface area contributed by atoms with Crippen LogP contribution >= 0.6 is 0 Å². The molecule has 4 rings (SSSR count). The largest absolute Gasteiger partial charge is 0.344 e. The first-order chi connectivity index (χ1) is 14.0. The number of aromatic nitrogens is 2. The van der Waals surface area contributed by atoms with Crippen LogP contribution in [0.25, 0.3) is 21.8 Å². The van der Waals surface area contributed by atoms with E-state index in [1.54, 1.807) is 25.1 Å². The van der Waals surface area contributed by atoms with Crippen molar-refractivity contribution in [3.05, 3.63) is 76.7 Å². The van der Waals surface area contributed by atoms with E-state index in [0.717, 1.165) is 16.3 Å². The van der Waals surface area contributed by atoms with E-state index >= 15 is 0 Å². The van der Waals surface area contributed by atoms with Gasteiger partial charge in [0.05, 0.1) is 17.5 Å². The minimum Gasteiger partial charge on any atom is -0.344 e. The Morgan fingerprint density at radius 2 is 1.72 bits per heavy atom. The van der Waals surface area contributed by atoms with Gasteiger partial charge in [-0.3, -0.25) is 9.59 Å². The first-order valence-electron chi connectivity index (χ1n) is 9.28. The fraction of sp³-hybridized carbons (Fsp3) is 0.136. The van der Waals surface area contributed by atoms with Crippen LogP contribution in [0.4, 0.5) is 5.69 Å². The number of amides is 2. The third-order valence-corrected chi connectivity index (χ3v) is 4.79. The van der Waals surface area contributed by atoms with Gasteiger partial charge in [-0.05, 0) is 41.5 Å². The maximum atomic E-state index is 12.5. The Kier molecular flexibility index (Phi) is 4.87. The minimum absolute atomic E-state index is 0.190. The molecule has 0 saturated heterocycles. The van der Waals surface area contributed by atoms with Gasteiger partial charge in [-0.25, -0.2) is 4.79 Å². The summed E-state index contributed by atoms with van der Waals surface area (Å²) in [5.74, 6) is -0.567. The summed E-state index contributed by atoms with van der Waals surface area (Å²) in [6.07, 6.45) is 0.190. The Hall–Kier alpha value is -3.87. The Morgan fingerprint density at radius 1 is 0.966 bits per heavy atom. The molecule has 7 nitrogen and oxygen atoms in total. The van der Waals surface area contributed by atoms with Gasteiger partial charge in [-0.1, -0.05) is 42.5 Å². The molecule has 0 aliphatic heterocycles. The van der Waals surface area contributed by atoms with Crippen LogP contribution in [0.15, 0.2) is 65.5 Å². The molecule has 3 aromatic carbocycles. The van der Waals surface area contributed by atoms with E-state index in [2.05, 4.69) is 20.6 Å². The van der Waals surface area contributed by atoms with Crippen molar-refractivity contribution in [3.63, 3.8) is 0 Å². The van der Waals surface area contributed by atoms with Gasteiger partial charge < -0.3 is 20.6 Å². The molecule has 0 fully saturated rings. The fourth-order valence-electron chi connectivity index (χ4n) is 3.34. The van der Waals surface area contributed by atoms with Crippen molar-refractivity contribution in [1.82, 2.24) is 15.3 Å². The van der Waals surface area contributed by atoms with E-state index in [1.807, 2.05) is 42.5 Å². The molecule has 146 valence electrons. The van der Waals surface area contributed by atoms with Crippen LogP contribution in [0.2, 0.25) is 0 Å². The summed E-state index contributed by atoms with van der Waals surface area (Å²) in [6.45, 7) is 1.63. The number of rotatable bonds is 5. The fourth-order valence-corrected chi connectivity index (χ4v) is 3.34. The van der Waals surface area contributed by atoms with Crippen LogP contribution < -0.4 is 16.3 Å². The summed E-state index contributed by atoms with van der Waals surface area (Å²) in [7, 11) is 0. The zero-order chi connectivity index (χ0) is 20.4. The van der Waals surface area contributed by atoms with Crippen molar-refractivity contribution in [1.29, 1.82) is 0 Å². The molecule has 1 aromatic heterocycles. The number of imidazole rings is 1. The van der Waals surface area contributed by atoms with Gasteiger partial charge in [0.15, 0.2) is 0 Å². The highest BCUT2D eigenvalue weighted by Crippen LogP contribution is 2.19. The van der Waals surface area contributed by atoms with Gasteiger partial charge in [0, 0.05) is 5.69 Å². The van der Waals surface area contributed by atoms with Crippen LogP contribution in [0.1, 0.15) is 12.5 Å². The lowest BCUT2D eigenvalue weighted by molar-refractivity contribution is -0.125. The number of nitrogens with one attached hydrogen (secondary N) is 4. The van der Waals surface area contributed by atoms with Crippen molar-refractivity contribution in [2.45, 2.75) is 19.4 Å². The maximum absolute atomic E-state index is 12.5. The van der Waals surface area contributed by atoms with Gasteiger partial charge in [0.25, 0.3) is 0 Å². The molecule has 1 heterocycles. The van der Waals surface area contributed by atoms with Gasteiger partial charge in [-0.2, -0.15) is 0 Å². The summed E-state index contributed by atoms with van der Waals surface area (Å²) in [4.78, 5) is 41.5. The Morgan fingerprint density at radius 3 is 2.59 bits per heavy atom. The third kappa shape index (κ3) is 4.03. The van der Waals surface area contributed by atoms with E-state index in [1.165, 1.54) is 0 Å². The molecule has 0 saturated carbocycles. The average molecular weight is 388 g/mol. The summed E-state index contributed by atoms with van der Waals surface area (Å²) in [5, 5.41) is 7.59.